The number of aromatic nitrogens is 4. The van der Waals surface area contributed by atoms with Crippen LogP contribution in [0.5, 0.6) is 6.01 Å². The molecule has 1 aromatic carbocycles. The summed E-state index contributed by atoms with van der Waals surface area (Å²) in [5.74, 6) is 0.390. The maximum atomic E-state index is 12.4. The van der Waals surface area contributed by atoms with Gasteiger partial charge in [-0.1, -0.05) is 12.1 Å². The van der Waals surface area contributed by atoms with Crippen LogP contribution in [-0.4, -0.2) is 46.6 Å². The largest absolute Gasteiger partial charge is 0.467 e. The average Bonchev–Trinajstić information content (AvgIpc) is 2.98. The quantitative estimate of drug-likeness (QED) is 0.765. The molecule has 8 nitrogen and oxygen atoms in total. The topological polar surface area (TPSA) is 85.2 Å². The monoisotopic (exact) mass is 326 g/mol. The number of ether oxygens (including phenoxy) is 1. The number of carbonyl (C=O) groups excluding carboxylic acids is 1. The Balaban J connectivity index is 1.80. The zero-order valence-corrected chi connectivity index (χ0v) is 13.7. The van der Waals surface area contributed by atoms with Gasteiger partial charge in [-0.15, -0.1) is 0 Å². The molecule has 0 aliphatic heterocycles. The number of anilines is 2. The lowest BCUT2D eigenvalue weighted by atomic mass is 10.3. The van der Waals surface area contributed by atoms with Crippen molar-refractivity contribution in [1.82, 2.24) is 19.5 Å². The maximum Gasteiger partial charge on any atom is 0.318 e. The maximum absolute atomic E-state index is 12.4. The molecular weight excluding hydrogens is 308 g/mol. The molecule has 124 valence electrons. The first kappa shape index (κ1) is 15.7. The van der Waals surface area contributed by atoms with Crippen molar-refractivity contribution in [2.24, 2.45) is 0 Å². The Morgan fingerprint density at radius 3 is 2.83 bits per heavy atom. The molecule has 0 aliphatic rings. The highest BCUT2D eigenvalue weighted by Gasteiger charge is 2.13. The van der Waals surface area contributed by atoms with Gasteiger partial charge in [0.05, 0.1) is 30.7 Å². The van der Waals surface area contributed by atoms with E-state index in [2.05, 4.69) is 20.3 Å². The molecule has 24 heavy (non-hydrogen) atoms. The smallest absolute Gasteiger partial charge is 0.318 e. The number of benzene rings is 1. The fraction of sp³-hybridized carbons (Fsp3) is 0.250. The standard InChI is InChI=1S/C16H18N6O2/c1-21(2)15-12(8-17-16(20-15)24-3)19-14(23)9-22-10-18-11-6-4-5-7-13(11)22/h4-8,10H,9H2,1-3H3,(H,19,23). The van der Waals surface area contributed by atoms with Crippen LogP contribution in [0.25, 0.3) is 11.0 Å². The second-order valence-corrected chi connectivity index (χ2v) is 5.40. The summed E-state index contributed by atoms with van der Waals surface area (Å²) >= 11 is 0. The summed E-state index contributed by atoms with van der Waals surface area (Å²) < 4.78 is 6.82. The highest BCUT2D eigenvalue weighted by atomic mass is 16.5. The van der Waals surface area contributed by atoms with Crippen molar-refractivity contribution in [3.05, 3.63) is 36.8 Å². The van der Waals surface area contributed by atoms with Gasteiger partial charge in [0.1, 0.15) is 12.2 Å². The van der Waals surface area contributed by atoms with Crippen molar-refractivity contribution < 1.29 is 9.53 Å². The summed E-state index contributed by atoms with van der Waals surface area (Å²) in [6.07, 6.45) is 3.19. The van der Waals surface area contributed by atoms with E-state index in [0.717, 1.165) is 11.0 Å². The molecule has 0 aliphatic carbocycles. The van der Waals surface area contributed by atoms with E-state index in [1.54, 1.807) is 15.8 Å². The van der Waals surface area contributed by atoms with Gasteiger partial charge in [0.25, 0.3) is 0 Å². The molecule has 0 fully saturated rings. The van der Waals surface area contributed by atoms with Crippen molar-refractivity contribution in [2.75, 3.05) is 31.4 Å². The molecule has 3 rings (SSSR count). The van der Waals surface area contributed by atoms with Gasteiger partial charge in [-0.3, -0.25) is 4.79 Å². The van der Waals surface area contributed by atoms with Crippen molar-refractivity contribution in [2.45, 2.75) is 6.54 Å². The Labute approximate surface area is 139 Å². The summed E-state index contributed by atoms with van der Waals surface area (Å²) in [7, 11) is 5.17. The van der Waals surface area contributed by atoms with Gasteiger partial charge in [0.2, 0.25) is 5.91 Å². The Kier molecular flexibility index (Phi) is 4.28. The number of fused-ring (bicyclic) bond motifs is 1. The number of imidazole rings is 1. The Bertz CT molecular complexity index is 874. The number of carbonyl (C=O) groups is 1. The first-order chi connectivity index (χ1) is 11.6. The van der Waals surface area contributed by atoms with Gasteiger partial charge in [0.15, 0.2) is 5.82 Å². The lowest BCUT2D eigenvalue weighted by Crippen LogP contribution is -2.21. The molecule has 0 atom stereocenters. The van der Waals surface area contributed by atoms with Crippen LogP contribution in [-0.2, 0) is 11.3 Å². The minimum atomic E-state index is -0.185. The molecular formula is C16H18N6O2. The minimum absolute atomic E-state index is 0.152. The van der Waals surface area contributed by atoms with Crippen LogP contribution in [0, 0.1) is 0 Å². The van der Waals surface area contributed by atoms with E-state index in [1.807, 2.05) is 38.4 Å². The third-order valence-corrected chi connectivity index (χ3v) is 3.47. The number of methoxy groups -OCH3 is 1. The molecule has 0 radical (unpaired) electrons. The number of hydrogen-bond donors (Lipinski definition) is 1. The van der Waals surface area contributed by atoms with E-state index in [1.165, 1.54) is 13.3 Å². The van der Waals surface area contributed by atoms with E-state index >= 15 is 0 Å². The lowest BCUT2D eigenvalue weighted by Gasteiger charge is -2.17. The molecule has 0 bridgehead atoms. The van der Waals surface area contributed by atoms with Crippen LogP contribution in [0.3, 0.4) is 0 Å². The van der Waals surface area contributed by atoms with Gasteiger partial charge in [-0.2, -0.15) is 4.98 Å². The van der Waals surface area contributed by atoms with Gasteiger partial charge in [0, 0.05) is 14.1 Å². The molecule has 0 spiro atoms. The Morgan fingerprint density at radius 2 is 2.08 bits per heavy atom. The molecule has 1 amide bonds. The first-order valence-electron chi connectivity index (χ1n) is 7.36. The second-order valence-electron chi connectivity index (χ2n) is 5.40. The van der Waals surface area contributed by atoms with Crippen LogP contribution in [0.15, 0.2) is 36.8 Å². The molecule has 1 N–H and O–H groups in total. The van der Waals surface area contributed by atoms with E-state index in [9.17, 15) is 4.79 Å². The van der Waals surface area contributed by atoms with Gasteiger partial charge in [-0.25, -0.2) is 9.97 Å². The molecule has 2 heterocycles. The molecule has 8 heteroatoms. The summed E-state index contributed by atoms with van der Waals surface area (Å²) in [5, 5.41) is 2.84. The zero-order valence-electron chi connectivity index (χ0n) is 13.7. The first-order valence-corrected chi connectivity index (χ1v) is 7.36. The summed E-state index contributed by atoms with van der Waals surface area (Å²) in [5.41, 5.74) is 2.29. The molecule has 0 unspecified atom stereocenters. The number of rotatable bonds is 5. The predicted octanol–water partition coefficient (Wildman–Crippen LogP) is 1.54. The van der Waals surface area contributed by atoms with E-state index in [-0.39, 0.29) is 18.5 Å². The third kappa shape index (κ3) is 3.12. The van der Waals surface area contributed by atoms with Crippen LogP contribution in [0.1, 0.15) is 0 Å². The number of para-hydroxylation sites is 2. The third-order valence-electron chi connectivity index (χ3n) is 3.47. The summed E-state index contributed by atoms with van der Waals surface area (Å²) in [6.45, 7) is 0.152. The SMILES string of the molecule is COc1ncc(NC(=O)Cn2cnc3ccccc32)c(N(C)C)n1. The van der Waals surface area contributed by atoms with Crippen LogP contribution in [0.4, 0.5) is 11.5 Å². The summed E-state index contributed by atoms with van der Waals surface area (Å²) in [4.78, 5) is 26.7. The number of hydrogen-bond acceptors (Lipinski definition) is 6. The highest BCUT2D eigenvalue weighted by Crippen LogP contribution is 2.23. The van der Waals surface area contributed by atoms with Gasteiger partial charge >= 0.3 is 6.01 Å². The van der Waals surface area contributed by atoms with E-state index in [0.29, 0.717) is 11.5 Å². The number of nitrogens with one attached hydrogen (secondary N) is 1. The van der Waals surface area contributed by atoms with E-state index in [4.69, 9.17) is 4.74 Å². The van der Waals surface area contributed by atoms with Crippen LogP contribution < -0.4 is 15.0 Å². The predicted molar refractivity (Wildman–Crippen MR) is 91.3 cm³/mol. The van der Waals surface area contributed by atoms with E-state index < -0.39 is 0 Å². The van der Waals surface area contributed by atoms with Gasteiger partial charge in [-0.05, 0) is 12.1 Å². The Hall–Kier alpha value is -3.16. The average molecular weight is 326 g/mol. The molecule has 0 saturated heterocycles. The highest BCUT2D eigenvalue weighted by molar-refractivity contribution is 5.94. The Morgan fingerprint density at radius 1 is 1.29 bits per heavy atom. The van der Waals surface area contributed by atoms with Crippen LogP contribution in [0.2, 0.25) is 0 Å². The molecule has 2 aromatic heterocycles. The zero-order chi connectivity index (χ0) is 17.1. The molecule has 3 aromatic rings. The van der Waals surface area contributed by atoms with Gasteiger partial charge < -0.3 is 19.5 Å². The minimum Gasteiger partial charge on any atom is -0.467 e. The number of amides is 1. The van der Waals surface area contributed by atoms with Crippen LogP contribution >= 0.6 is 0 Å². The lowest BCUT2D eigenvalue weighted by molar-refractivity contribution is -0.116. The second kappa shape index (κ2) is 6.53. The normalized spacial score (nSPS) is 10.6. The van der Waals surface area contributed by atoms with Crippen molar-refractivity contribution >= 4 is 28.4 Å². The fourth-order valence-corrected chi connectivity index (χ4v) is 2.37. The fourth-order valence-electron chi connectivity index (χ4n) is 2.37. The van der Waals surface area contributed by atoms with Crippen molar-refractivity contribution in [1.29, 1.82) is 0 Å². The number of nitrogens with zero attached hydrogens (tertiary/aromatic N) is 5. The van der Waals surface area contributed by atoms with Crippen molar-refractivity contribution in [3.63, 3.8) is 0 Å². The van der Waals surface area contributed by atoms with Crippen molar-refractivity contribution in [3.8, 4) is 6.01 Å². The summed E-state index contributed by atoms with van der Waals surface area (Å²) in [6, 6.07) is 7.91. The molecule has 0 saturated carbocycles.